The number of sulfone groups is 1. The van der Waals surface area contributed by atoms with Crippen molar-refractivity contribution in [3.63, 3.8) is 0 Å². The van der Waals surface area contributed by atoms with Gasteiger partial charge in [-0.2, -0.15) is 0 Å². The summed E-state index contributed by atoms with van der Waals surface area (Å²) in [6.45, 7) is 0.195. The number of rotatable bonds is 4. The summed E-state index contributed by atoms with van der Waals surface area (Å²) >= 11 is 0. The summed E-state index contributed by atoms with van der Waals surface area (Å²) in [6.07, 6.45) is 4.10. The predicted octanol–water partition coefficient (Wildman–Crippen LogP) is 1.04. The highest BCUT2D eigenvalue weighted by Gasteiger charge is 2.08. The molecule has 100 valence electrons. The fourth-order valence-electron chi connectivity index (χ4n) is 1.39. The Balaban J connectivity index is 2.10. The zero-order valence-corrected chi connectivity index (χ0v) is 11.1. The van der Waals surface area contributed by atoms with Crippen LogP contribution < -0.4 is 10.5 Å². The highest BCUT2D eigenvalue weighted by Crippen LogP contribution is 2.18. The van der Waals surface area contributed by atoms with Crippen LogP contribution in [0.3, 0.4) is 0 Å². The molecule has 0 unspecified atom stereocenters. The Hall–Kier alpha value is -2.15. The van der Waals surface area contributed by atoms with Gasteiger partial charge >= 0.3 is 0 Å². The fraction of sp³-hybridized carbons (Fsp3) is 0.167. The molecular weight excluding hydrogens is 266 g/mol. The SMILES string of the molecule is CS(=O)(=O)c1cccc(OCc2cnc(N)cn2)c1. The second kappa shape index (κ2) is 5.23. The lowest BCUT2D eigenvalue weighted by atomic mass is 10.3. The molecule has 0 aliphatic rings. The minimum absolute atomic E-state index is 0.195. The predicted molar refractivity (Wildman–Crippen MR) is 70.3 cm³/mol. The van der Waals surface area contributed by atoms with Gasteiger partial charge in [0.2, 0.25) is 0 Å². The molecule has 0 radical (unpaired) electrons. The zero-order valence-electron chi connectivity index (χ0n) is 10.3. The average molecular weight is 279 g/mol. The standard InChI is InChI=1S/C12H13N3O3S/c1-19(16,17)11-4-2-3-10(5-11)18-8-9-6-15-12(13)7-14-9/h2-7H,8H2,1H3,(H2,13,15). The van der Waals surface area contributed by atoms with Crippen LogP contribution >= 0.6 is 0 Å². The number of ether oxygens (including phenoxy) is 1. The Bertz CT molecular complexity index is 669. The number of benzene rings is 1. The first kappa shape index (κ1) is 13.3. The molecule has 2 rings (SSSR count). The highest BCUT2D eigenvalue weighted by atomic mass is 32.2. The maximum Gasteiger partial charge on any atom is 0.175 e. The van der Waals surface area contributed by atoms with Crippen molar-refractivity contribution in [3.8, 4) is 5.75 Å². The van der Waals surface area contributed by atoms with Gasteiger partial charge in [-0.05, 0) is 18.2 Å². The number of hydrogen-bond donors (Lipinski definition) is 1. The van der Waals surface area contributed by atoms with Gasteiger partial charge in [-0.15, -0.1) is 0 Å². The van der Waals surface area contributed by atoms with Gasteiger partial charge in [0.1, 0.15) is 18.2 Å². The third-order valence-corrected chi connectivity index (χ3v) is 3.46. The minimum atomic E-state index is -3.24. The molecule has 0 aliphatic heterocycles. The van der Waals surface area contributed by atoms with Crippen molar-refractivity contribution in [1.82, 2.24) is 9.97 Å². The lowest BCUT2D eigenvalue weighted by molar-refractivity contribution is 0.300. The van der Waals surface area contributed by atoms with E-state index in [2.05, 4.69) is 9.97 Å². The highest BCUT2D eigenvalue weighted by molar-refractivity contribution is 7.90. The Morgan fingerprint density at radius 2 is 2.05 bits per heavy atom. The molecule has 6 nitrogen and oxygen atoms in total. The van der Waals surface area contributed by atoms with Crippen molar-refractivity contribution in [2.75, 3.05) is 12.0 Å². The summed E-state index contributed by atoms with van der Waals surface area (Å²) in [7, 11) is -3.24. The van der Waals surface area contributed by atoms with Crippen molar-refractivity contribution >= 4 is 15.7 Å². The lowest BCUT2D eigenvalue weighted by Crippen LogP contribution is -2.02. The number of hydrogen-bond acceptors (Lipinski definition) is 6. The van der Waals surface area contributed by atoms with Crippen LogP contribution in [0.1, 0.15) is 5.69 Å². The third-order valence-electron chi connectivity index (χ3n) is 2.35. The number of anilines is 1. The molecule has 1 heterocycles. The molecule has 19 heavy (non-hydrogen) atoms. The minimum Gasteiger partial charge on any atom is -0.487 e. The maximum absolute atomic E-state index is 11.4. The van der Waals surface area contributed by atoms with Crippen LogP contribution in [-0.4, -0.2) is 24.6 Å². The average Bonchev–Trinajstić information content (AvgIpc) is 2.37. The first-order valence-electron chi connectivity index (χ1n) is 5.44. The molecule has 0 spiro atoms. The van der Waals surface area contributed by atoms with E-state index < -0.39 is 9.84 Å². The number of nitrogens with zero attached hydrogens (tertiary/aromatic N) is 2. The molecule has 2 N–H and O–H groups in total. The van der Waals surface area contributed by atoms with Gasteiger partial charge in [-0.3, -0.25) is 4.98 Å². The Morgan fingerprint density at radius 3 is 2.68 bits per heavy atom. The van der Waals surface area contributed by atoms with Crippen LogP contribution in [-0.2, 0) is 16.4 Å². The maximum atomic E-state index is 11.4. The van der Waals surface area contributed by atoms with Gasteiger partial charge in [0.15, 0.2) is 9.84 Å². The summed E-state index contributed by atoms with van der Waals surface area (Å²) in [4.78, 5) is 8.14. The second-order valence-corrected chi connectivity index (χ2v) is 5.98. The van der Waals surface area contributed by atoms with Crippen molar-refractivity contribution in [2.45, 2.75) is 11.5 Å². The summed E-state index contributed by atoms with van der Waals surface area (Å²) in [5, 5.41) is 0. The number of nitrogens with two attached hydrogens (primary N) is 1. The first-order chi connectivity index (χ1) is 8.95. The summed E-state index contributed by atoms with van der Waals surface area (Å²) in [5.74, 6) is 0.796. The fourth-order valence-corrected chi connectivity index (χ4v) is 2.05. The summed E-state index contributed by atoms with van der Waals surface area (Å²) in [5.41, 5.74) is 6.03. The summed E-state index contributed by atoms with van der Waals surface area (Å²) in [6, 6.07) is 6.30. The quantitative estimate of drug-likeness (QED) is 0.898. The van der Waals surface area contributed by atoms with Crippen LogP contribution in [0.25, 0.3) is 0 Å². The van der Waals surface area contributed by atoms with Crippen molar-refractivity contribution in [3.05, 3.63) is 42.4 Å². The monoisotopic (exact) mass is 279 g/mol. The van der Waals surface area contributed by atoms with Crippen LogP contribution in [0.4, 0.5) is 5.82 Å². The molecule has 0 amide bonds. The van der Waals surface area contributed by atoms with E-state index in [4.69, 9.17) is 10.5 Å². The number of nitrogen functional groups attached to an aromatic ring is 1. The largest absolute Gasteiger partial charge is 0.487 e. The lowest BCUT2D eigenvalue weighted by Gasteiger charge is -2.07. The normalized spacial score (nSPS) is 11.2. The van der Waals surface area contributed by atoms with E-state index in [1.165, 1.54) is 24.5 Å². The van der Waals surface area contributed by atoms with Gasteiger partial charge in [0, 0.05) is 6.26 Å². The first-order valence-corrected chi connectivity index (χ1v) is 7.33. The van der Waals surface area contributed by atoms with Crippen molar-refractivity contribution in [1.29, 1.82) is 0 Å². The Labute approximate surface area is 111 Å². The summed E-state index contributed by atoms with van der Waals surface area (Å²) < 4.78 is 28.3. The van der Waals surface area contributed by atoms with E-state index >= 15 is 0 Å². The molecule has 1 aromatic heterocycles. The zero-order chi connectivity index (χ0) is 13.9. The van der Waals surface area contributed by atoms with Crippen molar-refractivity contribution in [2.24, 2.45) is 0 Å². The van der Waals surface area contributed by atoms with Crippen LogP contribution in [0.2, 0.25) is 0 Å². The molecule has 7 heteroatoms. The van der Waals surface area contributed by atoms with Gasteiger partial charge < -0.3 is 10.5 Å². The van der Waals surface area contributed by atoms with Crippen LogP contribution in [0, 0.1) is 0 Å². The van der Waals surface area contributed by atoms with Gasteiger partial charge in [0.25, 0.3) is 0 Å². The molecule has 0 saturated heterocycles. The molecule has 0 fully saturated rings. The van der Waals surface area contributed by atoms with Crippen LogP contribution in [0.5, 0.6) is 5.75 Å². The van der Waals surface area contributed by atoms with E-state index in [1.54, 1.807) is 12.1 Å². The van der Waals surface area contributed by atoms with E-state index in [0.717, 1.165) is 6.26 Å². The number of aromatic nitrogens is 2. The molecule has 0 atom stereocenters. The Morgan fingerprint density at radius 1 is 1.26 bits per heavy atom. The Kier molecular flexibility index (Phi) is 3.66. The molecule has 1 aromatic carbocycles. The molecular formula is C12H13N3O3S. The van der Waals surface area contributed by atoms with Gasteiger partial charge in [0.05, 0.1) is 23.0 Å². The van der Waals surface area contributed by atoms with Gasteiger partial charge in [-0.25, -0.2) is 13.4 Å². The molecule has 2 aromatic rings. The second-order valence-electron chi connectivity index (χ2n) is 3.97. The van der Waals surface area contributed by atoms with Crippen molar-refractivity contribution < 1.29 is 13.2 Å². The van der Waals surface area contributed by atoms with E-state index in [1.807, 2.05) is 0 Å². The topological polar surface area (TPSA) is 95.2 Å². The third kappa shape index (κ3) is 3.65. The molecule has 0 saturated carbocycles. The smallest absolute Gasteiger partial charge is 0.175 e. The van der Waals surface area contributed by atoms with Crippen LogP contribution in [0.15, 0.2) is 41.6 Å². The van der Waals surface area contributed by atoms with E-state index in [-0.39, 0.29) is 11.5 Å². The van der Waals surface area contributed by atoms with Gasteiger partial charge in [-0.1, -0.05) is 6.07 Å². The molecule has 0 bridgehead atoms. The van der Waals surface area contributed by atoms with E-state index in [0.29, 0.717) is 17.3 Å². The van der Waals surface area contributed by atoms with E-state index in [9.17, 15) is 8.42 Å². The molecule has 0 aliphatic carbocycles.